The summed E-state index contributed by atoms with van der Waals surface area (Å²) in [5.74, 6) is 0. The monoisotopic (exact) mass is 319 g/mol. The fourth-order valence-corrected chi connectivity index (χ4v) is 3.43. The van der Waals surface area contributed by atoms with Gasteiger partial charge in [0, 0.05) is 37.7 Å². The highest BCUT2D eigenvalue weighted by molar-refractivity contribution is 5.34. The molecule has 1 atom stereocenters. The maximum absolute atomic E-state index is 10.9. The average Bonchev–Trinajstić information content (AvgIpc) is 3.28. The lowest BCUT2D eigenvalue weighted by Crippen LogP contribution is -2.30. The van der Waals surface area contributed by atoms with Crippen molar-refractivity contribution in [2.24, 2.45) is 0 Å². The van der Waals surface area contributed by atoms with Gasteiger partial charge in [-0.1, -0.05) is 42.5 Å². The van der Waals surface area contributed by atoms with E-state index in [4.69, 9.17) is 0 Å². The number of aromatic nitrogens is 2. The van der Waals surface area contributed by atoms with Crippen LogP contribution in [0.15, 0.2) is 73.3 Å². The van der Waals surface area contributed by atoms with Crippen molar-refractivity contribution in [3.05, 3.63) is 84.4 Å². The standard InChI is InChI=1S/C20H21N3O/c24-20(18-4-2-1-3-5-18)10-12-22(15-20)14-17-6-8-19(9-7-17)23-13-11-21-16-23/h1-9,11,13,16,24H,10,12,14-15H2/t20-/m0/s1. The van der Waals surface area contributed by atoms with E-state index in [1.807, 2.05) is 41.1 Å². The van der Waals surface area contributed by atoms with Crippen LogP contribution in [0.1, 0.15) is 17.5 Å². The zero-order chi connectivity index (χ0) is 16.4. The first-order chi connectivity index (χ1) is 11.7. The summed E-state index contributed by atoms with van der Waals surface area (Å²) >= 11 is 0. The van der Waals surface area contributed by atoms with E-state index in [-0.39, 0.29) is 0 Å². The summed E-state index contributed by atoms with van der Waals surface area (Å²) in [4.78, 5) is 6.39. The smallest absolute Gasteiger partial charge is 0.103 e. The van der Waals surface area contributed by atoms with Crippen LogP contribution in [0.2, 0.25) is 0 Å². The van der Waals surface area contributed by atoms with Crippen molar-refractivity contribution in [3.8, 4) is 5.69 Å². The fourth-order valence-electron chi connectivity index (χ4n) is 3.43. The number of rotatable bonds is 4. The molecule has 1 aliphatic rings. The van der Waals surface area contributed by atoms with Crippen LogP contribution in [0.4, 0.5) is 0 Å². The molecule has 0 unspecified atom stereocenters. The van der Waals surface area contributed by atoms with E-state index < -0.39 is 5.60 Å². The molecule has 0 saturated carbocycles. The lowest BCUT2D eigenvalue weighted by atomic mass is 9.93. The molecule has 0 spiro atoms. The summed E-state index contributed by atoms with van der Waals surface area (Å²) in [7, 11) is 0. The summed E-state index contributed by atoms with van der Waals surface area (Å²) in [5.41, 5.74) is 2.66. The number of hydrogen-bond donors (Lipinski definition) is 1. The summed E-state index contributed by atoms with van der Waals surface area (Å²) < 4.78 is 1.99. The molecular weight excluding hydrogens is 298 g/mol. The van der Waals surface area contributed by atoms with Crippen LogP contribution in [0.5, 0.6) is 0 Å². The molecule has 24 heavy (non-hydrogen) atoms. The zero-order valence-corrected chi connectivity index (χ0v) is 13.5. The first-order valence-corrected chi connectivity index (χ1v) is 8.30. The number of nitrogens with zero attached hydrogens (tertiary/aromatic N) is 3. The quantitative estimate of drug-likeness (QED) is 0.804. The van der Waals surface area contributed by atoms with Crippen LogP contribution in [0.3, 0.4) is 0 Å². The second-order valence-corrected chi connectivity index (χ2v) is 6.49. The minimum absolute atomic E-state index is 0.681. The Bertz CT molecular complexity index is 784. The number of likely N-dealkylation sites (tertiary alicyclic amines) is 1. The molecule has 1 saturated heterocycles. The Morgan fingerprint density at radius 1 is 1.04 bits per heavy atom. The molecule has 1 aromatic heterocycles. The molecular formula is C20H21N3O. The van der Waals surface area contributed by atoms with E-state index in [1.165, 1.54) is 5.56 Å². The van der Waals surface area contributed by atoms with E-state index in [0.29, 0.717) is 6.54 Å². The Morgan fingerprint density at radius 2 is 1.83 bits per heavy atom. The average molecular weight is 319 g/mol. The molecule has 0 radical (unpaired) electrons. The highest BCUT2D eigenvalue weighted by Crippen LogP contribution is 2.32. The molecule has 0 bridgehead atoms. The first-order valence-electron chi connectivity index (χ1n) is 8.30. The maximum atomic E-state index is 10.9. The van der Waals surface area contributed by atoms with Crippen LogP contribution in [0.25, 0.3) is 5.69 Å². The Balaban J connectivity index is 1.43. The zero-order valence-electron chi connectivity index (χ0n) is 13.5. The number of benzene rings is 2. The third-order valence-corrected chi connectivity index (χ3v) is 4.78. The normalized spacial score (nSPS) is 21.2. The van der Waals surface area contributed by atoms with Gasteiger partial charge in [0.2, 0.25) is 0 Å². The molecule has 4 rings (SSSR count). The lowest BCUT2D eigenvalue weighted by molar-refractivity contribution is 0.0453. The number of hydrogen-bond acceptors (Lipinski definition) is 3. The van der Waals surface area contributed by atoms with Crippen LogP contribution >= 0.6 is 0 Å². The maximum Gasteiger partial charge on any atom is 0.103 e. The Kier molecular flexibility index (Phi) is 3.92. The summed E-state index contributed by atoms with van der Waals surface area (Å²) in [5, 5.41) is 10.9. The summed E-state index contributed by atoms with van der Waals surface area (Å²) in [6.07, 6.45) is 6.30. The second kappa shape index (κ2) is 6.23. The minimum atomic E-state index is -0.724. The van der Waals surface area contributed by atoms with E-state index >= 15 is 0 Å². The molecule has 4 nitrogen and oxygen atoms in total. The summed E-state index contributed by atoms with van der Waals surface area (Å²) in [6, 6.07) is 18.5. The third kappa shape index (κ3) is 2.98. The lowest BCUT2D eigenvalue weighted by Gasteiger charge is -2.24. The van der Waals surface area contributed by atoms with Gasteiger partial charge in [-0.2, -0.15) is 0 Å². The van der Waals surface area contributed by atoms with E-state index in [2.05, 4.69) is 34.1 Å². The molecule has 4 heteroatoms. The van der Waals surface area contributed by atoms with E-state index in [0.717, 1.165) is 30.8 Å². The van der Waals surface area contributed by atoms with Crippen molar-refractivity contribution < 1.29 is 5.11 Å². The largest absolute Gasteiger partial charge is 0.384 e. The van der Waals surface area contributed by atoms with Crippen molar-refractivity contribution in [1.29, 1.82) is 0 Å². The predicted molar refractivity (Wildman–Crippen MR) is 93.8 cm³/mol. The van der Waals surface area contributed by atoms with Crippen LogP contribution in [-0.2, 0) is 12.1 Å². The van der Waals surface area contributed by atoms with Crippen molar-refractivity contribution in [3.63, 3.8) is 0 Å². The van der Waals surface area contributed by atoms with Gasteiger partial charge >= 0.3 is 0 Å². The van der Waals surface area contributed by atoms with Gasteiger partial charge in [-0.05, 0) is 29.7 Å². The molecule has 1 N–H and O–H groups in total. The Morgan fingerprint density at radius 3 is 2.54 bits per heavy atom. The first kappa shape index (κ1) is 15.1. The Labute approximate surface area is 142 Å². The van der Waals surface area contributed by atoms with Gasteiger partial charge < -0.3 is 9.67 Å². The molecule has 1 fully saturated rings. The van der Waals surface area contributed by atoms with Crippen molar-refractivity contribution in [1.82, 2.24) is 14.5 Å². The van der Waals surface area contributed by atoms with Crippen molar-refractivity contribution >= 4 is 0 Å². The van der Waals surface area contributed by atoms with Crippen LogP contribution in [-0.4, -0.2) is 32.6 Å². The molecule has 3 aromatic rings. The number of imidazole rings is 1. The second-order valence-electron chi connectivity index (χ2n) is 6.49. The van der Waals surface area contributed by atoms with Gasteiger partial charge in [0.25, 0.3) is 0 Å². The molecule has 2 aromatic carbocycles. The van der Waals surface area contributed by atoms with Crippen molar-refractivity contribution in [2.75, 3.05) is 13.1 Å². The highest BCUT2D eigenvalue weighted by Gasteiger charge is 2.37. The van der Waals surface area contributed by atoms with Gasteiger partial charge in [0.1, 0.15) is 5.60 Å². The van der Waals surface area contributed by atoms with Gasteiger partial charge in [0.05, 0.1) is 6.33 Å². The van der Waals surface area contributed by atoms with E-state index in [1.54, 1.807) is 12.5 Å². The highest BCUT2D eigenvalue weighted by atomic mass is 16.3. The Hall–Kier alpha value is -2.43. The minimum Gasteiger partial charge on any atom is -0.384 e. The van der Waals surface area contributed by atoms with Crippen LogP contribution < -0.4 is 0 Å². The van der Waals surface area contributed by atoms with Gasteiger partial charge in [-0.15, -0.1) is 0 Å². The molecule has 2 heterocycles. The summed E-state index contributed by atoms with van der Waals surface area (Å²) in [6.45, 7) is 2.45. The van der Waals surface area contributed by atoms with Gasteiger partial charge in [0.15, 0.2) is 0 Å². The predicted octanol–water partition coefficient (Wildman–Crippen LogP) is 2.97. The van der Waals surface area contributed by atoms with Crippen LogP contribution in [0, 0.1) is 0 Å². The van der Waals surface area contributed by atoms with E-state index in [9.17, 15) is 5.11 Å². The van der Waals surface area contributed by atoms with Gasteiger partial charge in [-0.3, -0.25) is 4.90 Å². The third-order valence-electron chi connectivity index (χ3n) is 4.78. The SMILES string of the molecule is O[C@@]1(c2ccccc2)CCN(Cc2ccc(-n3ccnc3)cc2)C1. The molecule has 0 aliphatic carbocycles. The molecule has 122 valence electrons. The van der Waals surface area contributed by atoms with Gasteiger partial charge in [-0.25, -0.2) is 4.98 Å². The molecule has 0 amide bonds. The van der Waals surface area contributed by atoms with Crippen molar-refractivity contribution in [2.45, 2.75) is 18.6 Å². The molecule has 1 aliphatic heterocycles. The number of aliphatic hydroxyl groups is 1. The fraction of sp³-hybridized carbons (Fsp3) is 0.250. The topological polar surface area (TPSA) is 41.3 Å². The number of β-amino-alcohol motifs (C(OH)–C–C–N with tert-alkyl or cyclic N) is 1.